The number of carbonyl (C=O) groups excluding carboxylic acids is 2. The van der Waals surface area contributed by atoms with Crippen LogP contribution in [0, 0.1) is 6.92 Å². The number of aromatic nitrogens is 3. The molecule has 0 saturated carbocycles. The SMILES string of the molecule is CC(=O)N1CCC2CCC(CN(C(=O)c3cnc(C)cn3)Cc3ccccc31)N2Cc1cccnc1. The van der Waals surface area contributed by atoms with Gasteiger partial charge in [-0.15, -0.1) is 0 Å². The van der Waals surface area contributed by atoms with Gasteiger partial charge in [0.1, 0.15) is 5.69 Å². The summed E-state index contributed by atoms with van der Waals surface area (Å²) in [7, 11) is 0. The Bertz CT molecular complexity index is 1220. The third-order valence-corrected chi connectivity index (χ3v) is 7.29. The molecule has 2 atom stereocenters. The summed E-state index contributed by atoms with van der Waals surface area (Å²) in [6, 6.07) is 12.5. The van der Waals surface area contributed by atoms with Crippen molar-refractivity contribution in [2.75, 3.05) is 18.0 Å². The summed E-state index contributed by atoms with van der Waals surface area (Å²) in [6.45, 7) is 5.87. The topological polar surface area (TPSA) is 82.5 Å². The molecule has 1 fully saturated rings. The molecule has 186 valence electrons. The van der Waals surface area contributed by atoms with Crippen molar-refractivity contribution in [1.29, 1.82) is 0 Å². The standard InChI is InChI=1S/C28H32N6O2/c1-20-14-31-26(16-30-20)28(36)32-18-23-7-3-4-8-27(23)33(21(2)35)13-11-24-9-10-25(19-32)34(24)17-22-6-5-12-29-15-22/h3-8,12,14-16,24-25H,9-11,13,17-19H2,1-2H3. The van der Waals surface area contributed by atoms with Crippen molar-refractivity contribution < 1.29 is 9.59 Å². The summed E-state index contributed by atoms with van der Waals surface area (Å²) in [5, 5.41) is 0. The van der Waals surface area contributed by atoms with Gasteiger partial charge in [-0.1, -0.05) is 24.3 Å². The number of aryl methyl sites for hydroxylation is 1. The number of fused-ring (bicyclic) bond motifs is 3. The number of carbonyl (C=O) groups is 2. The van der Waals surface area contributed by atoms with Gasteiger partial charge in [-0.05, 0) is 49.4 Å². The van der Waals surface area contributed by atoms with Crippen molar-refractivity contribution in [3.05, 3.63) is 83.7 Å². The number of rotatable bonds is 3. The highest BCUT2D eigenvalue weighted by molar-refractivity contribution is 5.93. The molecule has 3 aromatic rings. The number of hydrogen-bond acceptors (Lipinski definition) is 6. The highest BCUT2D eigenvalue weighted by Crippen LogP contribution is 2.32. The van der Waals surface area contributed by atoms with Gasteiger partial charge >= 0.3 is 0 Å². The van der Waals surface area contributed by atoms with E-state index < -0.39 is 0 Å². The molecule has 2 bridgehead atoms. The summed E-state index contributed by atoms with van der Waals surface area (Å²) < 4.78 is 0. The molecule has 36 heavy (non-hydrogen) atoms. The number of para-hydroxylation sites is 1. The lowest BCUT2D eigenvalue weighted by atomic mass is 10.1. The van der Waals surface area contributed by atoms with Crippen LogP contribution in [0.2, 0.25) is 0 Å². The molecule has 0 N–H and O–H groups in total. The molecule has 2 amide bonds. The van der Waals surface area contributed by atoms with Crippen molar-refractivity contribution >= 4 is 17.5 Å². The van der Waals surface area contributed by atoms with E-state index in [2.05, 4.69) is 25.9 Å². The molecule has 1 saturated heterocycles. The Kier molecular flexibility index (Phi) is 7.04. The zero-order valence-corrected chi connectivity index (χ0v) is 20.9. The maximum Gasteiger partial charge on any atom is 0.274 e. The van der Waals surface area contributed by atoms with E-state index in [1.165, 1.54) is 0 Å². The van der Waals surface area contributed by atoms with Crippen molar-refractivity contribution in [3.63, 3.8) is 0 Å². The van der Waals surface area contributed by atoms with E-state index in [9.17, 15) is 9.59 Å². The largest absolute Gasteiger partial charge is 0.331 e. The molecule has 2 aliphatic rings. The van der Waals surface area contributed by atoms with Crippen LogP contribution in [0.3, 0.4) is 0 Å². The van der Waals surface area contributed by atoms with Crippen LogP contribution < -0.4 is 4.90 Å². The summed E-state index contributed by atoms with van der Waals surface area (Å²) in [6.07, 6.45) is 9.79. The molecular formula is C28H32N6O2. The lowest BCUT2D eigenvalue weighted by Crippen LogP contribution is -2.45. The molecule has 4 heterocycles. The van der Waals surface area contributed by atoms with Crippen molar-refractivity contribution in [3.8, 4) is 0 Å². The first-order valence-corrected chi connectivity index (χ1v) is 12.6. The predicted octanol–water partition coefficient (Wildman–Crippen LogP) is 3.61. The zero-order chi connectivity index (χ0) is 25.1. The minimum Gasteiger partial charge on any atom is -0.331 e. The molecule has 2 aromatic heterocycles. The highest BCUT2D eigenvalue weighted by Gasteiger charge is 2.37. The van der Waals surface area contributed by atoms with Crippen LogP contribution in [0.5, 0.6) is 0 Å². The van der Waals surface area contributed by atoms with Gasteiger partial charge in [0, 0.05) is 69.5 Å². The van der Waals surface area contributed by atoms with Gasteiger partial charge in [-0.2, -0.15) is 0 Å². The van der Waals surface area contributed by atoms with Crippen molar-refractivity contribution in [2.45, 2.75) is 58.3 Å². The Morgan fingerprint density at radius 1 is 0.972 bits per heavy atom. The predicted molar refractivity (Wildman–Crippen MR) is 137 cm³/mol. The van der Waals surface area contributed by atoms with Crippen LogP contribution in [-0.2, 0) is 17.9 Å². The van der Waals surface area contributed by atoms with Gasteiger partial charge in [-0.3, -0.25) is 24.5 Å². The average Bonchev–Trinajstić information content (AvgIpc) is 3.24. The molecule has 0 spiro atoms. The van der Waals surface area contributed by atoms with Gasteiger partial charge in [0.2, 0.25) is 5.91 Å². The third-order valence-electron chi connectivity index (χ3n) is 7.29. The number of nitrogens with zero attached hydrogens (tertiary/aromatic N) is 6. The van der Waals surface area contributed by atoms with Gasteiger partial charge in [0.05, 0.1) is 11.9 Å². The molecular weight excluding hydrogens is 452 g/mol. The molecule has 5 rings (SSSR count). The summed E-state index contributed by atoms with van der Waals surface area (Å²) in [4.78, 5) is 45.7. The Labute approximate surface area is 212 Å². The fraction of sp³-hybridized carbons (Fsp3) is 0.393. The second-order valence-corrected chi connectivity index (χ2v) is 9.74. The van der Waals surface area contributed by atoms with Crippen LogP contribution in [0.25, 0.3) is 0 Å². The van der Waals surface area contributed by atoms with Crippen LogP contribution in [0.15, 0.2) is 61.2 Å². The number of hydrogen-bond donors (Lipinski definition) is 0. The Morgan fingerprint density at radius 3 is 2.56 bits per heavy atom. The van der Waals surface area contributed by atoms with Gasteiger partial charge in [-0.25, -0.2) is 4.98 Å². The van der Waals surface area contributed by atoms with Crippen molar-refractivity contribution in [1.82, 2.24) is 24.8 Å². The first kappa shape index (κ1) is 24.1. The molecule has 2 aliphatic heterocycles. The van der Waals surface area contributed by atoms with Gasteiger partial charge in [0.25, 0.3) is 5.91 Å². The first-order valence-electron chi connectivity index (χ1n) is 12.6. The van der Waals surface area contributed by atoms with Crippen molar-refractivity contribution in [2.24, 2.45) is 0 Å². The fourth-order valence-electron chi connectivity index (χ4n) is 5.46. The Hall–Kier alpha value is -3.65. The second-order valence-electron chi connectivity index (χ2n) is 9.74. The minimum atomic E-state index is -0.143. The lowest BCUT2D eigenvalue weighted by molar-refractivity contribution is -0.116. The van der Waals surface area contributed by atoms with Gasteiger partial charge in [0.15, 0.2) is 0 Å². The van der Waals surface area contributed by atoms with E-state index in [-0.39, 0.29) is 17.9 Å². The number of benzene rings is 1. The Morgan fingerprint density at radius 2 is 1.81 bits per heavy atom. The Balaban J connectivity index is 1.53. The maximum atomic E-state index is 13.7. The van der Waals surface area contributed by atoms with Crippen LogP contribution in [-0.4, -0.2) is 61.7 Å². The molecule has 8 nitrogen and oxygen atoms in total. The number of anilines is 1. The van der Waals surface area contributed by atoms with Crippen LogP contribution in [0.4, 0.5) is 5.69 Å². The highest BCUT2D eigenvalue weighted by atomic mass is 16.2. The van der Waals surface area contributed by atoms with E-state index >= 15 is 0 Å². The van der Waals surface area contributed by atoms with E-state index in [0.29, 0.717) is 31.4 Å². The monoisotopic (exact) mass is 484 g/mol. The third kappa shape index (κ3) is 5.14. The second kappa shape index (κ2) is 10.5. The number of pyridine rings is 1. The van der Waals surface area contributed by atoms with Crippen LogP contribution in [0.1, 0.15) is 53.5 Å². The van der Waals surface area contributed by atoms with E-state index in [1.54, 1.807) is 25.5 Å². The minimum absolute atomic E-state index is 0.0114. The quantitative estimate of drug-likeness (QED) is 0.565. The lowest BCUT2D eigenvalue weighted by Gasteiger charge is -2.33. The molecule has 0 radical (unpaired) electrons. The normalized spacial score (nSPS) is 20.5. The zero-order valence-electron chi connectivity index (χ0n) is 20.9. The first-order chi connectivity index (χ1) is 17.5. The molecule has 1 aromatic carbocycles. The van der Waals surface area contributed by atoms with Gasteiger partial charge < -0.3 is 9.80 Å². The van der Waals surface area contributed by atoms with E-state index in [0.717, 1.165) is 48.3 Å². The van der Waals surface area contributed by atoms with Crippen LogP contribution >= 0.6 is 0 Å². The maximum absolute atomic E-state index is 13.7. The summed E-state index contributed by atoms with van der Waals surface area (Å²) in [5.41, 5.74) is 4.09. The summed E-state index contributed by atoms with van der Waals surface area (Å²) >= 11 is 0. The van der Waals surface area contributed by atoms with E-state index in [1.807, 2.05) is 53.3 Å². The molecule has 2 unspecified atom stereocenters. The average molecular weight is 485 g/mol. The summed E-state index contributed by atoms with van der Waals surface area (Å²) in [5.74, 6) is -0.131. The number of amides is 2. The molecule has 8 heteroatoms. The van der Waals surface area contributed by atoms with E-state index in [4.69, 9.17) is 0 Å². The fourth-order valence-corrected chi connectivity index (χ4v) is 5.46. The molecule has 0 aliphatic carbocycles. The smallest absolute Gasteiger partial charge is 0.274 e.